The molecule has 0 amide bonds. The van der Waals surface area contributed by atoms with Gasteiger partial charge in [-0.2, -0.15) is 0 Å². The lowest BCUT2D eigenvalue weighted by molar-refractivity contribution is -0.384. The van der Waals surface area contributed by atoms with Gasteiger partial charge in [-0.25, -0.2) is 0 Å². The van der Waals surface area contributed by atoms with Gasteiger partial charge in [-0.3, -0.25) is 10.1 Å². The van der Waals surface area contributed by atoms with Crippen LogP contribution in [0, 0.1) is 10.1 Å². The summed E-state index contributed by atoms with van der Waals surface area (Å²) < 4.78 is 5.16. The van der Waals surface area contributed by atoms with Crippen LogP contribution in [0.2, 0.25) is 0 Å². The number of nitro groups is 1. The molecule has 98 valence electrons. The summed E-state index contributed by atoms with van der Waals surface area (Å²) >= 11 is 1.63. The molecule has 0 saturated carbocycles. The van der Waals surface area contributed by atoms with Crippen LogP contribution in [0.25, 0.3) is 0 Å². The first-order valence-electron chi connectivity index (χ1n) is 5.69. The fraction of sp³-hybridized carbons (Fsp3) is 0.143. The van der Waals surface area contributed by atoms with E-state index in [4.69, 9.17) is 4.74 Å². The fourth-order valence-corrected chi connectivity index (χ4v) is 2.43. The van der Waals surface area contributed by atoms with Crippen LogP contribution in [0.4, 0.5) is 5.69 Å². The van der Waals surface area contributed by atoms with Crippen molar-refractivity contribution >= 4 is 17.4 Å². The molecule has 0 unspecified atom stereocenters. The molecule has 0 radical (unpaired) electrons. The molecule has 2 aromatic rings. The van der Waals surface area contributed by atoms with Gasteiger partial charge in [0.15, 0.2) is 0 Å². The molecule has 0 fully saturated rings. The first kappa shape index (κ1) is 13.4. The zero-order valence-electron chi connectivity index (χ0n) is 10.4. The molecule has 0 saturated heterocycles. The minimum Gasteiger partial charge on any atom is -0.497 e. The van der Waals surface area contributed by atoms with E-state index in [-0.39, 0.29) is 5.69 Å². The predicted octanol–water partition coefficient (Wildman–Crippen LogP) is 3.90. The monoisotopic (exact) mass is 275 g/mol. The van der Waals surface area contributed by atoms with Crippen molar-refractivity contribution in [3.8, 4) is 5.75 Å². The van der Waals surface area contributed by atoms with Crippen molar-refractivity contribution in [2.75, 3.05) is 7.11 Å². The van der Waals surface area contributed by atoms with Crippen LogP contribution in [0.5, 0.6) is 5.75 Å². The molecule has 5 heteroatoms. The van der Waals surface area contributed by atoms with E-state index in [1.165, 1.54) is 12.1 Å². The maximum Gasteiger partial charge on any atom is 0.269 e. The van der Waals surface area contributed by atoms with Gasteiger partial charge >= 0.3 is 0 Å². The number of non-ortho nitro benzene ring substituents is 1. The molecule has 0 bridgehead atoms. The molecule has 4 nitrogen and oxygen atoms in total. The standard InChI is InChI=1S/C14H13NO3S/c1-18-13-4-2-3-11(9-13)10-19-14-7-5-12(6-8-14)15(16)17/h2-9H,10H2,1H3. The van der Waals surface area contributed by atoms with Crippen LogP contribution in [-0.4, -0.2) is 12.0 Å². The number of rotatable bonds is 5. The minimum absolute atomic E-state index is 0.116. The summed E-state index contributed by atoms with van der Waals surface area (Å²) in [6, 6.07) is 14.4. The highest BCUT2D eigenvalue weighted by Crippen LogP contribution is 2.26. The molecule has 0 aliphatic rings. The normalized spacial score (nSPS) is 10.2. The van der Waals surface area contributed by atoms with Gasteiger partial charge in [-0.05, 0) is 29.8 Å². The Labute approximate surface area is 115 Å². The predicted molar refractivity (Wildman–Crippen MR) is 75.7 cm³/mol. The fourth-order valence-electron chi connectivity index (χ4n) is 1.59. The second kappa shape index (κ2) is 6.24. The highest BCUT2D eigenvalue weighted by atomic mass is 32.2. The summed E-state index contributed by atoms with van der Waals surface area (Å²) in [7, 11) is 1.64. The van der Waals surface area contributed by atoms with Crippen molar-refractivity contribution in [1.29, 1.82) is 0 Å². The minimum atomic E-state index is -0.392. The number of hydrogen-bond donors (Lipinski definition) is 0. The molecule has 0 spiro atoms. The quantitative estimate of drug-likeness (QED) is 0.472. The van der Waals surface area contributed by atoms with E-state index < -0.39 is 4.92 Å². The molecular formula is C14H13NO3S. The van der Waals surface area contributed by atoms with Gasteiger partial charge in [0.1, 0.15) is 5.75 Å². The number of thioether (sulfide) groups is 1. The second-order valence-electron chi connectivity index (χ2n) is 3.89. The van der Waals surface area contributed by atoms with Crippen molar-refractivity contribution in [3.05, 3.63) is 64.2 Å². The van der Waals surface area contributed by atoms with E-state index >= 15 is 0 Å². The van der Waals surface area contributed by atoms with Gasteiger partial charge in [-0.15, -0.1) is 11.8 Å². The van der Waals surface area contributed by atoms with E-state index in [0.717, 1.165) is 22.0 Å². The Morgan fingerprint density at radius 3 is 2.58 bits per heavy atom. The molecule has 2 rings (SSSR count). The maximum absolute atomic E-state index is 10.5. The molecular weight excluding hydrogens is 262 g/mol. The zero-order chi connectivity index (χ0) is 13.7. The lowest BCUT2D eigenvalue weighted by Gasteiger charge is -2.04. The van der Waals surface area contributed by atoms with Crippen molar-refractivity contribution < 1.29 is 9.66 Å². The van der Waals surface area contributed by atoms with Crippen LogP contribution < -0.4 is 4.74 Å². The molecule has 0 aliphatic heterocycles. The first-order chi connectivity index (χ1) is 9.19. The van der Waals surface area contributed by atoms with E-state index in [2.05, 4.69) is 0 Å². The third kappa shape index (κ3) is 3.72. The van der Waals surface area contributed by atoms with Crippen LogP contribution in [0.3, 0.4) is 0 Å². The summed E-state index contributed by atoms with van der Waals surface area (Å²) in [6.45, 7) is 0. The number of hydrogen-bond acceptors (Lipinski definition) is 4. The van der Waals surface area contributed by atoms with E-state index in [9.17, 15) is 10.1 Å². The average molecular weight is 275 g/mol. The van der Waals surface area contributed by atoms with E-state index in [1.807, 2.05) is 24.3 Å². The SMILES string of the molecule is COc1cccc(CSc2ccc([N+](=O)[O-])cc2)c1. The largest absolute Gasteiger partial charge is 0.497 e. The molecule has 0 aliphatic carbocycles. The number of methoxy groups -OCH3 is 1. The lowest BCUT2D eigenvalue weighted by atomic mass is 10.2. The van der Waals surface area contributed by atoms with Crippen LogP contribution in [-0.2, 0) is 5.75 Å². The second-order valence-corrected chi connectivity index (χ2v) is 4.94. The number of nitro benzene ring substituents is 1. The van der Waals surface area contributed by atoms with Gasteiger partial charge in [0, 0.05) is 22.8 Å². The Morgan fingerprint density at radius 1 is 1.21 bits per heavy atom. The van der Waals surface area contributed by atoms with Crippen molar-refractivity contribution in [2.24, 2.45) is 0 Å². The Morgan fingerprint density at radius 2 is 1.95 bits per heavy atom. The first-order valence-corrected chi connectivity index (χ1v) is 6.68. The summed E-state index contributed by atoms with van der Waals surface area (Å²) in [5.74, 6) is 1.64. The third-order valence-electron chi connectivity index (χ3n) is 2.59. The highest BCUT2D eigenvalue weighted by molar-refractivity contribution is 7.98. The maximum atomic E-state index is 10.5. The molecule has 0 N–H and O–H groups in total. The summed E-state index contributed by atoms with van der Waals surface area (Å²) in [4.78, 5) is 11.2. The van der Waals surface area contributed by atoms with Crippen LogP contribution >= 0.6 is 11.8 Å². The van der Waals surface area contributed by atoms with Crippen molar-refractivity contribution in [3.63, 3.8) is 0 Å². The third-order valence-corrected chi connectivity index (χ3v) is 3.67. The van der Waals surface area contributed by atoms with Crippen molar-refractivity contribution in [1.82, 2.24) is 0 Å². The average Bonchev–Trinajstić information content (AvgIpc) is 2.46. The number of ether oxygens (including phenoxy) is 1. The van der Waals surface area contributed by atoms with Gasteiger partial charge in [-0.1, -0.05) is 12.1 Å². The van der Waals surface area contributed by atoms with Gasteiger partial charge in [0.05, 0.1) is 12.0 Å². The number of benzene rings is 2. The van der Waals surface area contributed by atoms with Crippen LogP contribution in [0.1, 0.15) is 5.56 Å². The van der Waals surface area contributed by atoms with Crippen molar-refractivity contribution in [2.45, 2.75) is 10.6 Å². The summed E-state index contributed by atoms with van der Waals surface area (Å²) in [5, 5.41) is 10.5. The Balaban J connectivity index is 1.99. The highest BCUT2D eigenvalue weighted by Gasteiger charge is 2.04. The molecule has 19 heavy (non-hydrogen) atoms. The van der Waals surface area contributed by atoms with Gasteiger partial charge in [0.25, 0.3) is 5.69 Å². The Hall–Kier alpha value is -2.01. The van der Waals surface area contributed by atoms with Gasteiger partial charge < -0.3 is 4.74 Å². The summed E-state index contributed by atoms with van der Waals surface area (Å²) in [6.07, 6.45) is 0. The number of nitrogens with zero attached hydrogens (tertiary/aromatic N) is 1. The molecule has 2 aromatic carbocycles. The molecule has 0 heterocycles. The lowest BCUT2D eigenvalue weighted by Crippen LogP contribution is -1.87. The van der Waals surface area contributed by atoms with Gasteiger partial charge in [0.2, 0.25) is 0 Å². The Bertz CT molecular complexity index is 569. The summed E-state index contributed by atoms with van der Waals surface area (Å²) in [5.41, 5.74) is 1.27. The topological polar surface area (TPSA) is 52.4 Å². The Kier molecular flexibility index (Phi) is 4.41. The zero-order valence-corrected chi connectivity index (χ0v) is 11.2. The smallest absolute Gasteiger partial charge is 0.269 e. The molecule has 0 aromatic heterocycles. The van der Waals surface area contributed by atoms with E-state index in [1.54, 1.807) is 31.0 Å². The molecule has 0 atom stereocenters. The van der Waals surface area contributed by atoms with Crippen LogP contribution in [0.15, 0.2) is 53.4 Å². The van der Waals surface area contributed by atoms with E-state index in [0.29, 0.717) is 0 Å².